The minimum absolute atomic E-state index is 0. The normalized spacial score (nSPS) is 13.7. The second-order valence-electron chi connectivity index (χ2n) is 10.2. The van der Waals surface area contributed by atoms with Crippen molar-refractivity contribution in [1.82, 2.24) is 0 Å². The minimum Gasteiger partial charge on any atom is -1.00 e. The van der Waals surface area contributed by atoms with Crippen LogP contribution in [0.15, 0.2) is 76.9 Å². The van der Waals surface area contributed by atoms with Crippen molar-refractivity contribution in [1.29, 1.82) is 0 Å². The zero-order valence-electron chi connectivity index (χ0n) is 26.8. The summed E-state index contributed by atoms with van der Waals surface area (Å²) in [5, 5.41) is 3.24. The van der Waals surface area contributed by atoms with Gasteiger partial charge in [-0.1, -0.05) is 0 Å². The van der Waals surface area contributed by atoms with Crippen LogP contribution in [-0.4, -0.2) is 50.7 Å². The van der Waals surface area contributed by atoms with Crippen LogP contribution in [-0.2, 0) is 20.4 Å². The van der Waals surface area contributed by atoms with Gasteiger partial charge in [0.25, 0.3) is 0 Å². The van der Waals surface area contributed by atoms with Crippen molar-refractivity contribution in [2.24, 2.45) is 0 Å². The summed E-state index contributed by atoms with van der Waals surface area (Å²) in [4.78, 5) is 0. The Morgan fingerprint density at radius 2 is 0.750 bits per heavy atom. The van der Waals surface area contributed by atoms with E-state index in [9.17, 15) is 0 Å². The average Bonchev–Trinajstić information content (AvgIpc) is 3.17. The molecule has 0 radical (unpaired) electrons. The van der Waals surface area contributed by atoms with Crippen molar-refractivity contribution in [3.8, 4) is 34.5 Å². The Morgan fingerprint density at radius 3 is 0.977 bits per heavy atom. The molecule has 236 valence electrons. The van der Waals surface area contributed by atoms with Crippen LogP contribution in [0.4, 0.5) is 0 Å². The first-order valence-electron chi connectivity index (χ1n) is 13.4. The Kier molecular flexibility index (Phi) is 14.3. The molecule has 44 heavy (non-hydrogen) atoms. The quantitative estimate of drug-likeness (QED) is 0.159. The van der Waals surface area contributed by atoms with Gasteiger partial charge >= 0.3 is 258 Å². The minimum atomic E-state index is -3.29. The van der Waals surface area contributed by atoms with E-state index in [-0.39, 0.29) is 37.2 Å². The van der Waals surface area contributed by atoms with E-state index in [1.54, 1.807) is 42.7 Å². The van der Waals surface area contributed by atoms with Gasteiger partial charge in [-0.25, -0.2) is 0 Å². The smallest absolute Gasteiger partial charge is 1.00 e. The summed E-state index contributed by atoms with van der Waals surface area (Å²) in [6.45, 7) is 8.97. The Bertz CT molecular complexity index is 1380. The number of methoxy groups -OCH3 is 6. The fourth-order valence-corrected chi connectivity index (χ4v) is 15.0. The second kappa shape index (κ2) is 15.8. The molecule has 0 heterocycles. The molecule has 0 unspecified atom stereocenters. The summed E-state index contributed by atoms with van der Waals surface area (Å²) in [5.41, 5.74) is 5.23. The first-order valence-corrected chi connectivity index (χ1v) is 16.2. The van der Waals surface area contributed by atoms with Crippen LogP contribution in [0.3, 0.4) is 0 Å². The third-order valence-electron chi connectivity index (χ3n) is 8.81. The number of allylic oxidation sites excluding steroid dienone is 4. The zero-order chi connectivity index (χ0) is 30.1. The molecule has 0 N–H and O–H groups in total. The molecule has 6 nitrogen and oxygen atoms in total. The largest absolute Gasteiger partial charge is 1.00 e. The summed E-state index contributed by atoms with van der Waals surface area (Å²) >= 11 is 2.38. The Balaban J connectivity index is 0.00000323. The molecule has 1 aliphatic carbocycles. The molecule has 0 spiro atoms. The van der Waals surface area contributed by atoms with Crippen LogP contribution in [0.1, 0.15) is 27.7 Å². The predicted molar refractivity (Wildman–Crippen MR) is 163 cm³/mol. The maximum atomic E-state index is 6.19. The van der Waals surface area contributed by atoms with E-state index in [2.05, 4.69) is 66.3 Å². The molecule has 3 aromatic carbocycles. The van der Waals surface area contributed by atoms with E-state index in [4.69, 9.17) is 28.4 Å². The Hall–Kier alpha value is -2.26. The van der Waals surface area contributed by atoms with Gasteiger partial charge in [0.15, 0.2) is 0 Å². The maximum Gasteiger partial charge on any atom is -1.00 e. The number of rotatable bonds is 10. The molecule has 0 aliphatic heterocycles. The topological polar surface area (TPSA) is 55.4 Å². The molecule has 0 atom stereocenters. The van der Waals surface area contributed by atoms with Gasteiger partial charge in [-0.3, -0.25) is 0 Å². The predicted octanol–water partition coefficient (Wildman–Crippen LogP) is -3.85. The second-order valence-corrected chi connectivity index (χ2v) is 16.0. The molecule has 1 aliphatic rings. The van der Waals surface area contributed by atoms with E-state index >= 15 is 0 Å². The van der Waals surface area contributed by atoms with Gasteiger partial charge < -0.3 is 37.2 Å². The van der Waals surface area contributed by atoms with Crippen LogP contribution in [0, 0.1) is 0 Å². The third kappa shape index (κ3) is 6.00. The van der Waals surface area contributed by atoms with Crippen molar-refractivity contribution in [3.05, 3.63) is 76.9 Å². The van der Waals surface area contributed by atoms with Gasteiger partial charge in [0.05, 0.1) is 0 Å². The summed E-state index contributed by atoms with van der Waals surface area (Å²) < 4.78 is 35.1. The first-order chi connectivity index (χ1) is 19.6. The fourth-order valence-electron chi connectivity index (χ4n) is 6.33. The number of hydrogen-bond acceptors (Lipinski definition) is 6. The molecular formula is C33H39Cl3O6SiTi. The van der Waals surface area contributed by atoms with Crippen molar-refractivity contribution < 1.29 is 86.1 Å². The monoisotopic (exact) mass is 712 g/mol. The van der Waals surface area contributed by atoms with Crippen LogP contribution >= 0.6 is 0 Å². The van der Waals surface area contributed by atoms with Crippen molar-refractivity contribution in [2.45, 2.75) is 31.0 Å². The van der Waals surface area contributed by atoms with E-state index in [1.165, 1.54) is 22.3 Å². The molecular weight excluding hydrogens is 675 g/mol. The summed E-state index contributed by atoms with van der Waals surface area (Å²) in [6.07, 6.45) is 0. The zero-order valence-corrected chi connectivity index (χ0v) is 31.6. The summed E-state index contributed by atoms with van der Waals surface area (Å²) in [5.74, 6) is 4.41. The number of ether oxygens (including phenoxy) is 6. The number of hydrogen-bond donors (Lipinski definition) is 0. The van der Waals surface area contributed by atoms with Crippen LogP contribution < -0.4 is 81.2 Å². The van der Waals surface area contributed by atoms with Gasteiger partial charge in [-0.2, -0.15) is 0 Å². The maximum absolute atomic E-state index is 6.19. The van der Waals surface area contributed by atoms with Crippen LogP contribution in [0.5, 0.6) is 34.5 Å². The first kappa shape index (κ1) is 39.8. The van der Waals surface area contributed by atoms with Gasteiger partial charge in [-0.15, -0.1) is 0 Å². The van der Waals surface area contributed by atoms with Crippen molar-refractivity contribution in [3.63, 3.8) is 0 Å². The SMILES string of the molecule is COc1ccc([Si](c2ccc(OC)cc2OC)(c2ccc(OC)cc2OC)[C]2([Ti+3])C(C)=C(C)C(C)=C2C)c(OC)c1.[Cl-].[Cl-].[Cl-]. The van der Waals surface area contributed by atoms with E-state index < -0.39 is 11.4 Å². The molecule has 4 rings (SSSR count). The molecule has 0 bridgehead atoms. The van der Waals surface area contributed by atoms with Crippen LogP contribution in [0.2, 0.25) is 3.34 Å². The van der Waals surface area contributed by atoms with Crippen molar-refractivity contribution >= 4 is 23.6 Å². The van der Waals surface area contributed by atoms with E-state index in [1.807, 2.05) is 36.4 Å². The number of benzene rings is 3. The molecule has 0 amide bonds. The van der Waals surface area contributed by atoms with Crippen LogP contribution in [0.25, 0.3) is 0 Å². The Labute approximate surface area is 293 Å². The van der Waals surface area contributed by atoms with Gasteiger partial charge in [0.1, 0.15) is 0 Å². The van der Waals surface area contributed by atoms with Crippen molar-refractivity contribution in [2.75, 3.05) is 42.7 Å². The van der Waals surface area contributed by atoms with Gasteiger partial charge in [-0.05, 0) is 0 Å². The molecule has 0 fully saturated rings. The molecule has 3 aromatic rings. The average molecular weight is 714 g/mol. The third-order valence-corrected chi connectivity index (χ3v) is 17.3. The van der Waals surface area contributed by atoms with E-state index in [0.29, 0.717) is 0 Å². The van der Waals surface area contributed by atoms with E-state index in [0.717, 1.165) is 50.1 Å². The van der Waals surface area contributed by atoms with Gasteiger partial charge in [0, 0.05) is 0 Å². The number of halogens is 3. The Morgan fingerprint density at radius 1 is 0.477 bits per heavy atom. The standard InChI is InChI=1S/C33H39O6Si.3ClH.Ti/c1-20-21(2)23(4)33(22(20)3)40(30-14-11-24(34-5)17-27(30)37-8,31-15-12-25(35-6)18-28(31)38-9)32-16-13-26(36-7)19-29(32)39-10;;;;/h11-19H,1-10H3;3*1H;/q;;;;+3/p-3. The molecule has 0 saturated heterocycles. The molecule has 11 heteroatoms. The molecule has 0 saturated carbocycles. The fraction of sp³-hybridized carbons (Fsp3) is 0.333. The summed E-state index contributed by atoms with van der Waals surface area (Å²) in [6, 6.07) is 18.4. The summed E-state index contributed by atoms with van der Waals surface area (Å²) in [7, 11) is 6.87. The van der Waals surface area contributed by atoms with Gasteiger partial charge in [0.2, 0.25) is 0 Å². The molecule has 0 aromatic heterocycles.